The Kier molecular flexibility index (Phi) is 8.32. The van der Waals surface area contributed by atoms with Gasteiger partial charge in [0.25, 0.3) is 15.9 Å². The van der Waals surface area contributed by atoms with Crippen LogP contribution in [0.15, 0.2) is 83.9 Å². The average Bonchev–Trinajstić information content (AvgIpc) is 2.90. The van der Waals surface area contributed by atoms with Gasteiger partial charge in [0, 0.05) is 41.1 Å². The van der Waals surface area contributed by atoms with Crippen LogP contribution in [0.5, 0.6) is 11.5 Å². The highest BCUT2D eigenvalue weighted by molar-refractivity contribution is 7.92. The quantitative estimate of drug-likeness (QED) is 0.243. The van der Waals surface area contributed by atoms with Crippen molar-refractivity contribution in [2.24, 2.45) is 0 Å². The molecule has 0 aliphatic rings. The number of amides is 1. The fraction of sp³-hybridized carbons (Fsp3) is 0.154. The number of carbonyl (C=O) groups is 1. The number of carbonyl (C=O) groups excluding carboxylic acids is 1. The number of methoxy groups -OCH3 is 1. The molecule has 1 heterocycles. The van der Waals surface area contributed by atoms with Gasteiger partial charge in [0.1, 0.15) is 11.5 Å². The summed E-state index contributed by atoms with van der Waals surface area (Å²) in [6.07, 6.45) is 1.69. The van der Waals surface area contributed by atoms with E-state index in [4.69, 9.17) is 21.1 Å². The maximum Gasteiger partial charge on any atom is 0.261 e. The molecule has 192 valence electrons. The molecule has 0 saturated heterocycles. The Bertz CT molecular complexity index is 1480. The van der Waals surface area contributed by atoms with Crippen LogP contribution in [0.25, 0.3) is 10.9 Å². The van der Waals surface area contributed by atoms with E-state index >= 15 is 0 Å². The van der Waals surface area contributed by atoms with E-state index in [1.54, 1.807) is 42.6 Å². The van der Waals surface area contributed by atoms with Gasteiger partial charge in [-0.05, 0) is 72.8 Å². The van der Waals surface area contributed by atoms with Gasteiger partial charge in [-0.2, -0.15) is 0 Å². The minimum atomic E-state index is -3.78. The smallest absolute Gasteiger partial charge is 0.261 e. The van der Waals surface area contributed by atoms with Crippen LogP contribution in [0.4, 0.5) is 11.4 Å². The second-order valence-electron chi connectivity index (χ2n) is 7.89. The van der Waals surface area contributed by atoms with Crippen LogP contribution in [0.2, 0.25) is 5.02 Å². The van der Waals surface area contributed by atoms with Crippen molar-refractivity contribution in [1.29, 1.82) is 0 Å². The lowest BCUT2D eigenvalue weighted by atomic mass is 10.2. The number of aromatic nitrogens is 1. The molecule has 4 aromatic rings. The van der Waals surface area contributed by atoms with Crippen molar-refractivity contribution in [1.82, 2.24) is 10.3 Å². The first kappa shape index (κ1) is 26.1. The van der Waals surface area contributed by atoms with Crippen LogP contribution in [0.1, 0.15) is 0 Å². The first-order valence-corrected chi connectivity index (χ1v) is 13.1. The molecule has 0 radical (unpaired) electrons. The number of nitrogens with one attached hydrogen (secondary N) is 3. The van der Waals surface area contributed by atoms with Crippen LogP contribution in [0, 0.1) is 0 Å². The van der Waals surface area contributed by atoms with Crippen molar-refractivity contribution in [3.05, 3.63) is 84.0 Å². The summed E-state index contributed by atoms with van der Waals surface area (Å²) in [7, 11) is -2.24. The zero-order valence-corrected chi connectivity index (χ0v) is 21.5. The number of sulfonamides is 1. The second-order valence-corrected chi connectivity index (χ2v) is 10.0. The van der Waals surface area contributed by atoms with Gasteiger partial charge in [-0.3, -0.25) is 14.5 Å². The molecule has 3 N–H and O–H groups in total. The standard InChI is InChI=1S/C26H25ClN4O5S/c1-35-20-5-3-19(4-6-20)31-37(33,34)22-9-7-21(8-10-22)36-17-26(32)30-15-14-29-24-12-13-28-25-16-18(27)2-11-23(24)25/h2-13,16,31H,14-15,17H2,1H3,(H,28,29)(H,30,32). The van der Waals surface area contributed by atoms with Crippen LogP contribution in [-0.2, 0) is 14.8 Å². The number of ether oxygens (including phenoxy) is 2. The molecule has 0 fully saturated rings. The normalized spacial score (nSPS) is 11.1. The maximum absolute atomic E-state index is 12.6. The molecule has 37 heavy (non-hydrogen) atoms. The number of anilines is 2. The van der Waals surface area contributed by atoms with E-state index in [0.29, 0.717) is 35.3 Å². The predicted molar refractivity (Wildman–Crippen MR) is 144 cm³/mol. The molecule has 3 aromatic carbocycles. The van der Waals surface area contributed by atoms with E-state index in [9.17, 15) is 13.2 Å². The monoisotopic (exact) mass is 540 g/mol. The largest absolute Gasteiger partial charge is 0.497 e. The third-order valence-electron chi connectivity index (χ3n) is 5.31. The number of hydrogen-bond acceptors (Lipinski definition) is 7. The van der Waals surface area contributed by atoms with E-state index in [1.807, 2.05) is 12.1 Å². The van der Waals surface area contributed by atoms with Gasteiger partial charge in [0.2, 0.25) is 0 Å². The van der Waals surface area contributed by atoms with Crippen molar-refractivity contribution >= 4 is 49.8 Å². The van der Waals surface area contributed by atoms with Crippen LogP contribution < -0.4 is 24.8 Å². The minimum Gasteiger partial charge on any atom is -0.497 e. The molecular weight excluding hydrogens is 516 g/mol. The summed E-state index contributed by atoms with van der Waals surface area (Å²) in [5, 5.41) is 7.60. The van der Waals surface area contributed by atoms with Gasteiger partial charge in [0.05, 0.1) is 17.5 Å². The third kappa shape index (κ3) is 7.02. The molecule has 1 aromatic heterocycles. The predicted octanol–water partition coefficient (Wildman–Crippen LogP) is 4.30. The first-order valence-electron chi connectivity index (χ1n) is 11.3. The number of pyridine rings is 1. The fourth-order valence-corrected chi connectivity index (χ4v) is 4.69. The highest BCUT2D eigenvalue weighted by Crippen LogP contribution is 2.24. The highest BCUT2D eigenvalue weighted by Gasteiger charge is 2.14. The van der Waals surface area contributed by atoms with Crippen LogP contribution in [0.3, 0.4) is 0 Å². The molecule has 0 atom stereocenters. The number of benzene rings is 3. The molecule has 9 nitrogen and oxygen atoms in total. The van der Waals surface area contributed by atoms with Gasteiger partial charge >= 0.3 is 0 Å². The zero-order valence-electron chi connectivity index (χ0n) is 19.9. The van der Waals surface area contributed by atoms with Gasteiger partial charge in [-0.25, -0.2) is 8.42 Å². The summed E-state index contributed by atoms with van der Waals surface area (Å²) < 4.78 is 38.3. The molecular formula is C26H25ClN4O5S. The number of halogens is 1. The summed E-state index contributed by atoms with van der Waals surface area (Å²) in [6, 6.07) is 19.7. The molecule has 4 rings (SSSR count). The molecule has 0 aliphatic carbocycles. The van der Waals surface area contributed by atoms with Crippen molar-refractivity contribution in [2.45, 2.75) is 4.90 Å². The zero-order chi connectivity index (χ0) is 26.3. The van der Waals surface area contributed by atoms with E-state index in [1.165, 1.54) is 31.4 Å². The van der Waals surface area contributed by atoms with Crippen molar-refractivity contribution in [3.63, 3.8) is 0 Å². The van der Waals surface area contributed by atoms with E-state index < -0.39 is 10.0 Å². The molecule has 0 unspecified atom stereocenters. The minimum absolute atomic E-state index is 0.0668. The average molecular weight is 541 g/mol. The summed E-state index contributed by atoms with van der Waals surface area (Å²) in [5.74, 6) is 0.697. The number of hydrogen-bond donors (Lipinski definition) is 3. The second kappa shape index (κ2) is 11.8. The highest BCUT2D eigenvalue weighted by atomic mass is 35.5. The lowest BCUT2D eigenvalue weighted by Crippen LogP contribution is -2.32. The van der Waals surface area contributed by atoms with Crippen molar-refractivity contribution in [2.75, 3.05) is 36.8 Å². The Morgan fingerprint density at radius 3 is 2.41 bits per heavy atom. The Balaban J connectivity index is 1.22. The fourth-order valence-electron chi connectivity index (χ4n) is 3.46. The van der Waals surface area contributed by atoms with Crippen LogP contribution in [-0.4, -0.2) is 46.1 Å². The Morgan fingerprint density at radius 2 is 1.68 bits per heavy atom. The van der Waals surface area contributed by atoms with E-state index in [2.05, 4.69) is 20.3 Å². The Hall–Kier alpha value is -4.02. The van der Waals surface area contributed by atoms with Gasteiger partial charge < -0.3 is 20.1 Å². The Labute approximate surface area is 219 Å². The lowest BCUT2D eigenvalue weighted by molar-refractivity contribution is -0.123. The van der Waals surface area contributed by atoms with Crippen molar-refractivity contribution in [3.8, 4) is 11.5 Å². The summed E-state index contributed by atoms with van der Waals surface area (Å²) >= 11 is 6.02. The Morgan fingerprint density at radius 1 is 0.946 bits per heavy atom. The SMILES string of the molecule is COc1ccc(NS(=O)(=O)c2ccc(OCC(=O)NCCNc3ccnc4cc(Cl)ccc34)cc2)cc1. The molecule has 0 spiro atoms. The molecule has 0 saturated carbocycles. The van der Waals surface area contributed by atoms with Gasteiger partial charge in [-0.15, -0.1) is 0 Å². The lowest BCUT2D eigenvalue weighted by Gasteiger charge is -2.11. The number of nitrogens with zero attached hydrogens (tertiary/aromatic N) is 1. The van der Waals surface area contributed by atoms with Gasteiger partial charge in [0.15, 0.2) is 6.61 Å². The topological polar surface area (TPSA) is 119 Å². The molecule has 11 heteroatoms. The summed E-state index contributed by atoms with van der Waals surface area (Å²) in [6.45, 7) is 0.682. The number of rotatable bonds is 11. The number of fused-ring (bicyclic) bond motifs is 1. The van der Waals surface area contributed by atoms with Crippen molar-refractivity contribution < 1.29 is 22.7 Å². The maximum atomic E-state index is 12.6. The van der Waals surface area contributed by atoms with E-state index in [0.717, 1.165) is 16.6 Å². The summed E-state index contributed by atoms with van der Waals surface area (Å²) in [5.41, 5.74) is 2.09. The molecule has 0 aliphatic heterocycles. The third-order valence-corrected chi connectivity index (χ3v) is 6.95. The first-order chi connectivity index (χ1) is 17.8. The molecule has 0 bridgehead atoms. The molecule has 1 amide bonds. The van der Waals surface area contributed by atoms with Crippen LogP contribution >= 0.6 is 11.6 Å². The summed E-state index contributed by atoms with van der Waals surface area (Å²) in [4.78, 5) is 16.5. The van der Waals surface area contributed by atoms with Gasteiger partial charge in [-0.1, -0.05) is 11.6 Å². The van der Waals surface area contributed by atoms with E-state index in [-0.39, 0.29) is 17.4 Å².